The van der Waals surface area contributed by atoms with Crippen LogP contribution >= 0.6 is 0 Å². The van der Waals surface area contributed by atoms with Crippen molar-refractivity contribution in [3.05, 3.63) is 23.3 Å². The lowest BCUT2D eigenvalue weighted by Crippen LogP contribution is -2.17. The molecule has 3 rings (SSSR count). The van der Waals surface area contributed by atoms with Gasteiger partial charge in [-0.25, -0.2) is 14.8 Å². The standard InChI is InChI=1S/C14H18N2O2/c1-2-18-14(17)11-8-15-13(10-4-3-5-10)16-12(11)9-6-7-9/h8-10H,2-7H2,1H3. The van der Waals surface area contributed by atoms with E-state index in [9.17, 15) is 4.79 Å². The number of carbonyl (C=O) groups excluding carboxylic acids is 1. The quantitative estimate of drug-likeness (QED) is 0.766. The molecule has 1 aromatic heterocycles. The molecule has 0 saturated heterocycles. The molecule has 0 atom stereocenters. The number of ether oxygens (including phenoxy) is 1. The van der Waals surface area contributed by atoms with E-state index in [0.29, 0.717) is 24.0 Å². The molecular formula is C14H18N2O2. The molecule has 0 spiro atoms. The molecule has 1 aromatic rings. The van der Waals surface area contributed by atoms with Crippen molar-refractivity contribution in [1.29, 1.82) is 0 Å². The summed E-state index contributed by atoms with van der Waals surface area (Å²) in [5.74, 6) is 1.61. The normalized spacial score (nSPS) is 19.4. The third-order valence-corrected chi connectivity index (χ3v) is 3.77. The molecule has 18 heavy (non-hydrogen) atoms. The molecule has 0 bridgehead atoms. The molecule has 0 aliphatic heterocycles. The second-order valence-electron chi connectivity index (χ2n) is 5.15. The van der Waals surface area contributed by atoms with Crippen molar-refractivity contribution >= 4 is 5.97 Å². The van der Waals surface area contributed by atoms with Gasteiger partial charge in [-0.2, -0.15) is 0 Å². The first-order valence-corrected chi connectivity index (χ1v) is 6.83. The monoisotopic (exact) mass is 246 g/mol. The number of hydrogen-bond acceptors (Lipinski definition) is 4. The highest BCUT2D eigenvalue weighted by Crippen LogP contribution is 2.42. The fraction of sp³-hybridized carbons (Fsp3) is 0.643. The minimum Gasteiger partial charge on any atom is -0.462 e. The average molecular weight is 246 g/mol. The van der Waals surface area contributed by atoms with Gasteiger partial charge in [-0.1, -0.05) is 6.42 Å². The van der Waals surface area contributed by atoms with Gasteiger partial charge in [0.25, 0.3) is 0 Å². The minimum absolute atomic E-state index is 0.278. The van der Waals surface area contributed by atoms with Crippen molar-refractivity contribution in [3.8, 4) is 0 Å². The van der Waals surface area contributed by atoms with Crippen molar-refractivity contribution in [2.75, 3.05) is 6.61 Å². The van der Waals surface area contributed by atoms with E-state index in [4.69, 9.17) is 4.74 Å². The Morgan fingerprint density at radius 3 is 2.67 bits per heavy atom. The van der Waals surface area contributed by atoms with Crippen LogP contribution < -0.4 is 0 Å². The van der Waals surface area contributed by atoms with Gasteiger partial charge in [-0.3, -0.25) is 0 Å². The first-order chi connectivity index (χ1) is 8.79. The molecular weight excluding hydrogens is 228 g/mol. The summed E-state index contributed by atoms with van der Waals surface area (Å²) in [5.41, 5.74) is 1.49. The Kier molecular flexibility index (Phi) is 3.02. The van der Waals surface area contributed by atoms with Gasteiger partial charge in [0.1, 0.15) is 5.82 Å². The summed E-state index contributed by atoms with van der Waals surface area (Å²) in [6.45, 7) is 2.21. The summed E-state index contributed by atoms with van der Waals surface area (Å²) in [7, 11) is 0. The van der Waals surface area contributed by atoms with Crippen LogP contribution in [0.3, 0.4) is 0 Å². The van der Waals surface area contributed by atoms with Crippen LogP contribution in [0, 0.1) is 0 Å². The first kappa shape index (κ1) is 11.6. The zero-order chi connectivity index (χ0) is 12.5. The second kappa shape index (κ2) is 4.67. The van der Waals surface area contributed by atoms with E-state index in [1.54, 1.807) is 6.20 Å². The van der Waals surface area contributed by atoms with Gasteiger partial charge < -0.3 is 4.74 Å². The van der Waals surface area contributed by atoms with Crippen LogP contribution in [0.5, 0.6) is 0 Å². The molecule has 0 radical (unpaired) electrons. The number of nitrogens with zero attached hydrogens (tertiary/aromatic N) is 2. The Morgan fingerprint density at radius 2 is 2.11 bits per heavy atom. The molecule has 2 aliphatic carbocycles. The first-order valence-electron chi connectivity index (χ1n) is 6.83. The number of carbonyl (C=O) groups is 1. The predicted octanol–water partition coefficient (Wildman–Crippen LogP) is 2.80. The van der Waals surface area contributed by atoms with Gasteiger partial charge in [-0.15, -0.1) is 0 Å². The van der Waals surface area contributed by atoms with Gasteiger partial charge >= 0.3 is 5.97 Å². The fourth-order valence-electron chi connectivity index (χ4n) is 2.31. The molecule has 2 fully saturated rings. The molecule has 0 aromatic carbocycles. The van der Waals surface area contributed by atoms with E-state index in [1.807, 2.05) is 6.92 Å². The van der Waals surface area contributed by atoms with E-state index < -0.39 is 0 Å². The van der Waals surface area contributed by atoms with Crippen LogP contribution in [0.4, 0.5) is 0 Å². The Morgan fingerprint density at radius 1 is 1.33 bits per heavy atom. The van der Waals surface area contributed by atoms with Crippen LogP contribution in [-0.2, 0) is 4.74 Å². The fourth-order valence-corrected chi connectivity index (χ4v) is 2.31. The van der Waals surface area contributed by atoms with E-state index in [1.165, 1.54) is 19.3 Å². The van der Waals surface area contributed by atoms with Gasteiger partial charge in [0.15, 0.2) is 0 Å². The summed E-state index contributed by atoms with van der Waals surface area (Å²) >= 11 is 0. The third kappa shape index (κ3) is 2.11. The van der Waals surface area contributed by atoms with Crippen LogP contribution in [-0.4, -0.2) is 22.5 Å². The lowest BCUT2D eigenvalue weighted by atomic mass is 9.84. The van der Waals surface area contributed by atoms with Gasteiger partial charge in [0.05, 0.1) is 17.9 Å². The molecule has 0 N–H and O–H groups in total. The molecule has 4 nitrogen and oxygen atoms in total. The molecule has 4 heteroatoms. The predicted molar refractivity (Wildman–Crippen MR) is 66.6 cm³/mol. The Labute approximate surface area is 107 Å². The molecule has 0 unspecified atom stereocenters. The van der Waals surface area contributed by atoms with E-state index in [0.717, 1.165) is 24.4 Å². The van der Waals surface area contributed by atoms with Crippen molar-refractivity contribution in [1.82, 2.24) is 9.97 Å². The summed E-state index contributed by atoms with van der Waals surface area (Å²) in [4.78, 5) is 20.9. The van der Waals surface area contributed by atoms with E-state index >= 15 is 0 Å². The number of rotatable bonds is 4. The smallest absolute Gasteiger partial charge is 0.341 e. The molecule has 2 aliphatic rings. The largest absolute Gasteiger partial charge is 0.462 e. The highest BCUT2D eigenvalue weighted by atomic mass is 16.5. The van der Waals surface area contributed by atoms with Crippen LogP contribution in [0.1, 0.15) is 72.7 Å². The van der Waals surface area contributed by atoms with E-state index in [-0.39, 0.29) is 5.97 Å². The van der Waals surface area contributed by atoms with E-state index in [2.05, 4.69) is 9.97 Å². The second-order valence-corrected chi connectivity index (χ2v) is 5.15. The van der Waals surface area contributed by atoms with Gasteiger partial charge in [0.2, 0.25) is 0 Å². The van der Waals surface area contributed by atoms with Crippen LogP contribution in [0.25, 0.3) is 0 Å². The van der Waals surface area contributed by atoms with Crippen molar-refractivity contribution in [3.63, 3.8) is 0 Å². The summed E-state index contributed by atoms with van der Waals surface area (Å²) in [6.07, 6.45) is 7.57. The summed E-state index contributed by atoms with van der Waals surface area (Å²) < 4.78 is 5.07. The SMILES string of the molecule is CCOC(=O)c1cnc(C2CCC2)nc1C1CC1. The minimum atomic E-state index is -0.278. The van der Waals surface area contributed by atoms with Crippen molar-refractivity contribution in [2.24, 2.45) is 0 Å². The molecule has 96 valence electrons. The number of hydrogen-bond donors (Lipinski definition) is 0. The number of aromatic nitrogens is 2. The Bertz CT molecular complexity index is 465. The maximum Gasteiger partial charge on any atom is 0.341 e. The van der Waals surface area contributed by atoms with Crippen LogP contribution in [0.15, 0.2) is 6.20 Å². The molecule has 2 saturated carbocycles. The third-order valence-electron chi connectivity index (χ3n) is 3.77. The lowest BCUT2D eigenvalue weighted by Gasteiger charge is -2.24. The van der Waals surface area contributed by atoms with Crippen molar-refractivity contribution < 1.29 is 9.53 Å². The summed E-state index contributed by atoms with van der Waals surface area (Å²) in [6, 6.07) is 0. The zero-order valence-electron chi connectivity index (χ0n) is 10.7. The molecule has 0 amide bonds. The summed E-state index contributed by atoms with van der Waals surface area (Å²) in [5, 5.41) is 0. The van der Waals surface area contributed by atoms with Crippen LogP contribution in [0.2, 0.25) is 0 Å². The Hall–Kier alpha value is -1.45. The Balaban J connectivity index is 1.90. The topological polar surface area (TPSA) is 52.1 Å². The molecule has 1 heterocycles. The maximum atomic E-state index is 11.9. The highest BCUT2D eigenvalue weighted by Gasteiger charge is 2.32. The van der Waals surface area contributed by atoms with Crippen molar-refractivity contribution in [2.45, 2.75) is 50.9 Å². The highest BCUT2D eigenvalue weighted by molar-refractivity contribution is 5.90. The maximum absolute atomic E-state index is 11.9. The van der Waals surface area contributed by atoms with Gasteiger partial charge in [0, 0.05) is 18.0 Å². The lowest BCUT2D eigenvalue weighted by molar-refractivity contribution is 0.0523. The number of esters is 1. The van der Waals surface area contributed by atoms with Gasteiger partial charge in [-0.05, 0) is 32.6 Å². The average Bonchev–Trinajstić information content (AvgIpc) is 3.10. The zero-order valence-corrected chi connectivity index (χ0v) is 10.7.